The molecule has 1 saturated carbocycles. The second kappa shape index (κ2) is 7.49. The second-order valence-corrected chi connectivity index (χ2v) is 4.68. The Morgan fingerprint density at radius 2 is 1.94 bits per heavy atom. The van der Waals surface area contributed by atoms with E-state index in [1.165, 1.54) is 32.1 Å². The molecule has 3 nitrogen and oxygen atoms in total. The average Bonchev–Trinajstić information content (AvgIpc) is 2.37. The van der Waals surface area contributed by atoms with Gasteiger partial charge in [-0.15, -0.1) is 0 Å². The van der Waals surface area contributed by atoms with Crippen LogP contribution in [-0.4, -0.2) is 36.6 Å². The first-order valence-corrected chi connectivity index (χ1v) is 6.78. The molecular weight excluding hydrogens is 214 g/mol. The van der Waals surface area contributed by atoms with Gasteiger partial charge in [-0.25, -0.2) is 4.79 Å². The van der Waals surface area contributed by atoms with Crippen LogP contribution in [0.3, 0.4) is 0 Å². The highest BCUT2D eigenvalue weighted by atomic mass is 16.5. The van der Waals surface area contributed by atoms with Crippen molar-refractivity contribution in [3.05, 3.63) is 12.2 Å². The molecule has 0 N–H and O–H groups in total. The first-order valence-electron chi connectivity index (χ1n) is 6.78. The molecule has 1 fully saturated rings. The summed E-state index contributed by atoms with van der Waals surface area (Å²) in [4.78, 5) is 13.9. The van der Waals surface area contributed by atoms with Gasteiger partial charge in [0.15, 0.2) is 0 Å². The third-order valence-corrected chi connectivity index (χ3v) is 3.46. The second-order valence-electron chi connectivity index (χ2n) is 4.68. The summed E-state index contributed by atoms with van der Waals surface area (Å²) in [6, 6.07) is 0.625. The van der Waals surface area contributed by atoms with E-state index >= 15 is 0 Å². The first-order chi connectivity index (χ1) is 8.19. The predicted octanol–water partition coefficient (Wildman–Crippen LogP) is 2.76. The highest BCUT2D eigenvalue weighted by molar-refractivity contribution is 5.88. The smallest absolute Gasteiger partial charge is 0.334 e. The van der Waals surface area contributed by atoms with Crippen molar-refractivity contribution in [3.63, 3.8) is 0 Å². The van der Waals surface area contributed by atoms with Gasteiger partial charge in [-0.3, -0.25) is 4.90 Å². The van der Waals surface area contributed by atoms with Crippen LogP contribution in [0.4, 0.5) is 0 Å². The molecule has 0 aromatic carbocycles. The quantitative estimate of drug-likeness (QED) is 0.527. The molecule has 1 rings (SSSR count). The summed E-state index contributed by atoms with van der Waals surface area (Å²) in [7, 11) is 0. The zero-order valence-corrected chi connectivity index (χ0v) is 11.2. The van der Waals surface area contributed by atoms with E-state index in [1.54, 1.807) is 0 Å². The van der Waals surface area contributed by atoms with Crippen molar-refractivity contribution in [2.24, 2.45) is 0 Å². The van der Waals surface area contributed by atoms with Gasteiger partial charge in [0, 0.05) is 18.2 Å². The Balaban J connectivity index is 2.45. The number of likely N-dealkylation sites (N-methyl/N-ethyl adjacent to an activating group) is 1. The van der Waals surface area contributed by atoms with Crippen LogP contribution in [-0.2, 0) is 9.53 Å². The number of carbonyl (C=O) groups is 1. The molecule has 0 radical (unpaired) electrons. The Bertz CT molecular complexity index is 257. The van der Waals surface area contributed by atoms with Crippen LogP contribution in [0.2, 0.25) is 0 Å². The molecule has 0 aromatic heterocycles. The molecule has 0 bridgehead atoms. The van der Waals surface area contributed by atoms with Crippen LogP contribution in [0, 0.1) is 0 Å². The first kappa shape index (κ1) is 14.2. The molecule has 17 heavy (non-hydrogen) atoms. The lowest BCUT2D eigenvalue weighted by Gasteiger charge is -2.33. The van der Waals surface area contributed by atoms with Crippen molar-refractivity contribution >= 4 is 5.97 Å². The van der Waals surface area contributed by atoms with E-state index in [4.69, 9.17) is 4.74 Å². The maximum absolute atomic E-state index is 11.5. The zero-order valence-electron chi connectivity index (χ0n) is 11.2. The minimum atomic E-state index is -0.248. The molecule has 98 valence electrons. The van der Waals surface area contributed by atoms with Gasteiger partial charge in [0.25, 0.3) is 0 Å². The summed E-state index contributed by atoms with van der Waals surface area (Å²) in [5.74, 6) is -0.248. The minimum absolute atomic E-state index is 0.248. The van der Waals surface area contributed by atoms with E-state index in [9.17, 15) is 4.79 Å². The van der Waals surface area contributed by atoms with E-state index in [0.717, 1.165) is 6.54 Å². The number of rotatable bonds is 6. The molecular formula is C14H25NO2. The maximum atomic E-state index is 11.5. The number of hydrogen-bond donors (Lipinski definition) is 0. The van der Waals surface area contributed by atoms with Crippen molar-refractivity contribution in [1.82, 2.24) is 4.90 Å². The lowest BCUT2D eigenvalue weighted by molar-refractivity contribution is -0.138. The van der Waals surface area contributed by atoms with Gasteiger partial charge in [0.2, 0.25) is 0 Å². The van der Waals surface area contributed by atoms with Crippen LogP contribution in [0.5, 0.6) is 0 Å². The molecule has 1 aliphatic carbocycles. The molecule has 3 heteroatoms. The van der Waals surface area contributed by atoms with Gasteiger partial charge in [-0.05, 0) is 26.3 Å². The van der Waals surface area contributed by atoms with Gasteiger partial charge in [0.1, 0.15) is 0 Å². The summed E-state index contributed by atoms with van der Waals surface area (Å²) in [5, 5.41) is 0. The topological polar surface area (TPSA) is 29.5 Å². The average molecular weight is 239 g/mol. The van der Waals surface area contributed by atoms with Crippen molar-refractivity contribution in [1.29, 1.82) is 0 Å². The molecule has 0 saturated heterocycles. The number of ether oxygens (including phenoxy) is 1. The molecule has 0 amide bonds. The van der Waals surface area contributed by atoms with Crippen LogP contribution in [0.1, 0.15) is 46.0 Å². The van der Waals surface area contributed by atoms with Gasteiger partial charge < -0.3 is 4.74 Å². The van der Waals surface area contributed by atoms with Gasteiger partial charge in [-0.2, -0.15) is 0 Å². The largest absolute Gasteiger partial charge is 0.463 e. The van der Waals surface area contributed by atoms with E-state index in [-0.39, 0.29) is 5.97 Å². The summed E-state index contributed by atoms with van der Waals surface area (Å²) < 4.78 is 4.97. The van der Waals surface area contributed by atoms with Crippen molar-refractivity contribution in [2.75, 3.05) is 19.7 Å². The summed E-state index contributed by atoms with van der Waals surface area (Å²) in [5.41, 5.74) is 0.583. The highest BCUT2D eigenvalue weighted by Crippen LogP contribution is 2.23. The SMILES string of the molecule is C=C(CN(CC)C1CCCCC1)C(=O)OCC. The van der Waals surface area contributed by atoms with Gasteiger partial charge in [-0.1, -0.05) is 32.8 Å². The molecule has 0 heterocycles. The van der Waals surface area contributed by atoms with Crippen LogP contribution < -0.4 is 0 Å². The number of carbonyl (C=O) groups excluding carboxylic acids is 1. The molecule has 0 unspecified atom stereocenters. The summed E-state index contributed by atoms with van der Waals surface area (Å²) in [6.45, 7) is 9.86. The lowest BCUT2D eigenvalue weighted by Crippen LogP contribution is -2.38. The molecule has 0 aromatic rings. The Morgan fingerprint density at radius 1 is 1.29 bits per heavy atom. The number of esters is 1. The fourth-order valence-electron chi connectivity index (χ4n) is 2.49. The Labute approximate surface area is 105 Å². The van der Waals surface area contributed by atoms with Crippen molar-refractivity contribution in [2.45, 2.75) is 52.0 Å². The third-order valence-electron chi connectivity index (χ3n) is 3.46. The van der Waals surface area contributed by atoms with Crippen LogP contribution >= 0.6 is 0 Å². The third kappa shape index (κ3) is 4.50. The van der Waals surface area contributed by atoms with E-state index < -0.39 is 0 Å². The van der Waals surface area contributed by atoms with E-state index in [0.29, 0.717) is 24.8 Å². The Morgan fingerprint density at radius 3 is 2.47 bits per heavy atom. The van der Waals surface area contributed by atoms with Gasteiger partial charge in [0.05, 0.1) is 6.61 Å². The highest BCUT2D eigenvalue weighted by Gasteiger charge is 2.22. The Hall–Kier alpha value is -0.830. The lowest BCUT2D eigenvalue weighted by atomic mass is 9.94. The monoisotopic (exact) mass is 239 g/mol. The normalized spacial score (nSPS) is 17.1. The van der Waals surface area contributed by atoms with E-state index in [1.807, 2.05) is 6.92 Å². The van der Waals surface area contributed by atoms with Crippen molar-refractivity contribution in [3.8, 4) is 0 Å². The summed E-state index contributed by atoms with van der Waals surface area (Å²) >= 11 is 0. The molecule has 0 spiro atoms. The predicted molar refractivity (Wildman–Crippen MR) is 69.9 cm³/mol. The zero-order chi connectivity index (χ0) is 12.7. The maximum Gasteiger partial charge on any atom is 0.334 e. The minimum Gasteiger partial charge on any atom is -0.463 e. The van der Waals surface area contributed by atoms with Crippen LogP contribution in [0.25, 0.3) is 0 Å². The van der Waals surface area contributed by atoms with E-state index in [2.05, 4.69) is 18.4 Å². The fraction of sp³-hybridized carbons (Fsp3) is 0.786. The Kier molecular flexibility index (Phi) is 6.27. The van der Waals surface area contributed by atoms with Gasteiger partial charge >= 0.3 is 5.97 Å². The fourth-order valence-corrected chi connectivity index (χ4v) is 2.49. The molecule has 0 atom stereocenters. The van der Waals surface area contributed by atoms with Crippen LogP contribution in [0.15, 0.2) is 12.2 Å². The van der Waals surface area contributed by atoms with Crippen molar-refractivity contribution < 1.29 is 9.53 Å². The number of nitrogens with zero attached hydrogens (tertiary/aromatic N) is 1. The summed E-state index contributed by atoms with van der Waals surface area (Å²) in [6.07, 6.45) is 6.49. The molecule has 1 aliphatic rings. The molecule has 0 aliphatic heterocycles. The standard InChI is InChI=1S/C14H25NO2/c1-4-15(13-9-7-6-8-10-13)11-12(3)14(16)17-5-2/h13H,3-11H2,1-2H3. The number of hydrogen-bond acceptors (Lipinski definition) is 3.